The largest absolute Gasteiger partial charge is 0.372 e. The zero-order valence-corrected chi connectivity index (χ0v) is 10.4. The average molecular weight is 267 g/mol. The number of hydrogen-bond acceptors (Lipinski definition) is 4. The van der Waals surface area contributed by atoms with Gasteiger partial charge in [0.25, 0.3) is 0 Å². The van der Waals surface area contributed by atoms with E-state index >= 15 is 0 Å². The second-order valence-electron chi connectivity index (χ2n) is 3.70. The van der Waals surface area contributed by atoms with Crippen LogP contribution in [0.1, 0.15) is 5.82 Å². The summed E-state index contributed by atoms with van der Waals surface area (Å²) in [7, 11) is 1.86. The molecule has 0 aliphatic rings. The molecule has 0 saturated heterocycles. The van der Waals surface area contributed by atoms with Gasteiger partial charge in [-0.15, -0.1) is 0 Å². The standard InChI is InChI=1S/C11H11ClN4O2/c1-15-6-5-13-10(15)7-14-9-4-2-3-8(12)11(9)16(17)18/h2-6,14H,7H2,1H3. The molecular formula is C11H11ClN4O2. The second kappa shape index (κ2) is 5.05. The predicted molar refractivity (Wildman–Crippen MR) is 68.6 cm³/mol. The van der Waals surface area contributed by atoms with Crippen LogP contribution < -0.4 is 5.32 Å². The van der Waals surface area contributed by atoms with Crippen molar-refractivity contribution in [3.8, 4) is 0 Å². The zero-order valence-electron chi connectivity index (χ0n) is 9.63. The molecule has 1 aromatic carbocycles. The number of benzene rings is 1. The molecule has 0 bridgehead atoms. The Labute approximate surface area is 108 Å². The molecular weight excluding hydrogens is 256 g/mol. The van der Waals surface area contributed by atoms with Gasteiger partial charge < -0.3 is 9.88 Å². The van der Waals surface area contributed by atoms with Gasteiger partial charge in [0, 0.05) is 19.4 Å². The molecule has 0 unspecified atom stereocenters. The highest BCUT2D eigenvalue weighted by molar-refractivity contribution is 6.33. The maximum absolute atomic E-state index is 10.9. The van der Waals surface area contributed by atoms with Crippen LogP contribution in [0.2, 0.25) is 5.02 Å². The number of anilines is 1. The molecule has 0 aliphatic heterocycles. The third kappa shape index (κ3) is 2.43. The molecule has 0 saturated carbocycles. The third-order valence-corrected chi connectivity index (χ3v) is 2.83. The molecule has 0 aliphatic carbocycles. The van der Waals surface area contributed by atoms with E-state index in [0.717, 1.165) is 5.82 Å². The van der Waals surface area contributed by atoms with E-state index in [0.29, 0.717) is 12.2 Å². The summed E-state index contributed by atoms with van der Waals surface area (Å²) in [5.74, 6) is 0.782. The fourth-order valence-corrected chi connectivity index (χ4v) is 1.83. The monoisotopic (exact) mass is 266 g/mol. The Hall–Kier alpha value is -2.08. The van der Waals surface area contributed by atoms with Crippen LogP contribution in [-0.2, 0) is 13.6 Å². The van der Waals surface area contributed by atoms with Crippen LogP contribution in [0.3, 0.4) is 0 Å². The lowest BCUT2D eigenvalue weighted by atomic mass is 10.2. The summed E-state index contributed by atoms with van der Waals surface area (Å²) < 4.78 is 1.84. The number of hydrogen-bond donors (Lipinski definition) is 1. The fraction of sp³-hybridized carbons (Fsp3) is 0.182. The number of nitrogens with zero attached hydrogens (tertiary/aromatic N) is 3. The van der Waals surface area contributed by atoms with Crippen LogP contribution in [0.4, 0.5) is 11.4 Å². The topological polar surface area (TPSA) is 73.0 Å². The van der Waals surface area contributed by atoms with Crippen molar-refractivity contribution in [2.75, 3.05) is 5.32 Å². The van der Waals surface area contributed by atoms with Gasteiger partial charge in [-0.05, 0) is 12.1 Å². The molecule has 2 aromatic rings. The predicted octanol–water partition coefficient (Wildman–Crippen LogP) is 2.59. The molecule has 0 spiro atoms. The number of para-hydroxylation sites is 1. The van der Waals surface area contributed by atoms with Gasteiger partial charge in [-0.25, -0.2) is 4.98 Å². The summed E-state index contributed by atoms with van der Waals surface area (Å²) in [4.78, 5) is 14.6. The third-order valence-electron chi connectivity index (χ3n) is 2.53. The zero-order chi connectivity index (χ0) is 13.1. The van der Waals surface area contributed by atoms with Crippen LogP contribution in [-0.4, -0.2) is 14.5 Å². The van der Waals surface area contributed by atoms with Crippen LogP contribution in [0.15, 0.2) is 30.6 Å². The van der Waals surface area contributed by atoms with E-state index in [1.807, 2.05) is 17.8 Å². The number of imidazole rings is 1. The quantitative estimate of drug-likeness (QED) is 0.682. The molecule has 2 rings (SSSR count). The van der Waals surface area contributed by atoms with Gasteiger partial charge in [-0.3, -0.25) is 10.1 Å². The van der Waals surface area contributed by atoms with E-state index < -0.39 is 4.92 Å². The van der Waals surface area contributed by atoms with Crippen LogP contribution in [0, 0.1) is 10.1 Å². The van der Waals surface area contributed by atoms with E-state index in [-0.39, 0.29) is 10.7 Å². The maximum Gasteiger partial charge on any atom is 0.310 e. The number of nitrogens with one attached hydrogen (secondary N) is 1. The minimum Gasteiger partial charge on any atom is -0.372 e. The Bertz CT molecular complexity index is 582. The lowest BCUT2D eigenvalue weighted by Gasteiger charge is -2.07. The Morgan fingerprint density at radius 3 is 2.94 bits per heavy atom. The Morgan fingerprint density at radius 2 is 2.33 bits per heavy atom. The highest BCUT2D eigenvalue weighted by Gasteiger charge is 2.18. The van der Waals surface area contributed by atoms with E-state index in [1.54, 1.807) is 18.3 Å². The first-order chi connectivity index (χ1) is 8.59. The van der Waals surface area contributed by atoms with E-state index in [1.165, 1.54) is 6.07 Å². The van der Waals surface area contributed by atoms with Crippen molar-refractivity contribution in [1.29, 1.82) is 0 Å². The van der Waals surface area contributed by atoms with Gasteiger partial charge in [-0.2, -0.15) is 0 Å². The van der Waals surface area contributed by atoms with Crippen molar-refractivity contribution < 1.29 is 4.92 Å². The minimum atomic E-state index is -0.497. The molecule has 1 aromatic heterocycles. The smallest absolute Gasteiger partial charge is 0.310 e. The van der Waals surface area contributed by atoms with Crippen LogP contribution in [0.5, 0.6) is 0 Å². The molecule has 6 nitrogen and oxygen atoms in total. The molecule has 1 N–H and O–H groups in total. The molecule has 0 atom stereocenters. The maximum atomic E-state index is 10.9. The average Bonchev–Trinajstić information content (AvgIpc) is 2.71. The Balaban J connectivity index is 2.22. The lowest BCUT2D eigenvalue weighted by molar-refractivity contribution is -0.383. The lowest BCUT2D eigenvalue weighted by Crippen LogP contribution is -2.07. The SMILES string of the molecule is Cn1ccnc1CNc1cccc(Cl)c1[N+](=O)[O-]. The first-order valence-electron chi connectivity index (χ1n) is 5.22. The van der Waals surface area contributed by atoms with Crippen molar-refractivity contribution in [2.45, 2.75) is 6.54 Å². The number of aryl methyl sites for hydroxylation is 1. The first-order valence-corrected chi connectivity index (χ1v) is 5.60. The second-order valence-corrected chi connectivity index (χ2v) is 4.11. The van der Waals surface area contributed by atoms with E-state index in [9.17, 15) is 10.1 Å². The minimum absolute atomic E-state index is 0.116. The summed E-state index contributed by atoms with van der Waals surface area (Å²) in [5.41, 5.74) is 0.267. The van der Waals surface area contributed by atoms with Crippen molar-refractivity contribution in [3.63, 3.8) is 0 Å². The molecule has 18 heavy (non-hydrogen) atoms. The van der Waals surface area contributed by atoms with E-state index in [2.05, 4.69) is 10.3 Å². The summed E-state index contributed by atoms with van der Waals surface area (Å²) in [6, 6.07) is 4.77. The van der Waals surface area contributed by atoms with Gasteiger partial charge in [0.05, 0.1) is 11.5 Å². The summed E-state index contributed by atoms with van der Waals surface area (Å²) in [6.45, 7) is 0.394. The number of aromatic nitrogens is 2. The van der Waals surface area contributed by atoms with E-state index in [4.69, 9.17) is 11.6 Å². The van der Waals surface area contributed by atoms with Gasteiger partial charge in [0.1, 0.15) is 16.5 Å². The fourth-order valence-electron chi connectivity index (χ4n) is 1.58. The number of halogens is 1. The molecule has 0 fully saturated rings. The molecule has 0 amide bonds. The van der Waals surface area contributed by atoms with Gasteiger partial charge in [-0.1, -0.05) is 17.7 Å². The van der Waals surface area contributed by atoms with Gasteiger partial charge in [0.15, 0.2) is 0 Å². The summed E-state index contributed by atoms with van der Waals surface area (Å²) in [6.07, 6.45) is 3.48. The first kappa shape index (κ1) is 12.4. The van der Waals surface area contributed by atoms with Crippen LogP contribution >= 0.6 is 11.6 Å². The highest BCUT2D eigenvalue weighted by Crippen LogP contribution is 2.32. The highest BCUT2D eigenvalue weighted by atomic mass is 35.5. The summed E-state index contributed by atoms with van der Waals surface area (Å²) in [5, 5.41) is 14.0. The Morgan fingerprint density at radius 1 is 1.56 bits per heavy atom. The van der Waals surface area contributed by atoms with Crippen LogP contribution in [0.25, 0.3) is 0 Å². The molecule has 1 heterocycles. The number of nitro benzene ring substituents is 1. The van der Waals surface area contributed by atoms with Crippen molar-refractivity contribution in [2.24, 2.45) is 7.05 Å². The molecule has 0 radical (unpaired) electrons. The Kier molecular flexibility index (Phi) is 3.47. The number of nitro groups is 1. The molecule has 7 heteroatoms. The van der Waals surface area contributed by atoms with Crippen molar-refractivity contribution >= 4 is 23.0 Å². The summed E-state index contributed by atoms with van der Waals surface area (Å²) >= 11 is 5.81. The van der Waals surface area contributed by atoms with Crippen molar-refractivity contribution in [3.05, 3.63) is 51.6 Å². The van der Waals surface area contributed by atoms with Crippen molar-refractivity contribution in [1.82, 2.24) is 9.55 Å². The van der Waals surface area contributed by atoms with Gasteiger partial charge >= 0.3 is 5.69 Å². The molecule has 94 valence electrons. The normalized spacial score (nSPS) is 10.3. The number of rotatable bonds is 4. The van der Waals surface area contributed by atoms with Gasteiger partial charge in [0.2, 0.25) is 0 Å².